The van der Waals surface area contributed by atoms with Crippen molar-refractivity contribution in [1.82, 2.24) is 10.2 Å². The molecule has 0 radical (unpaired) electrons. The van der Waals surface area contributed by atoms with Crippen molar-refractivity contribution in [1.29, 1.82) is 0 Å². The van der Waals surface area contributed by atoms with Gasteiger partial charge in [-0.1, -0.05) is 24.3 Å². The molecule has 0 bridgehead atoms. The summed E-state index contributed by atoms with van der Waals surface area (Å²) in [5.41, 5.74) is 2.91. The van der Waals surface area contributed by atoms with E-state index in [2.05, 4.69) is 39.5 Å². The smallest absolute Gasteiger partial charge is 0.310 e. The van der Waals surface area contributed by atoms with Gasteiger partial charge in [0.25, 0.3) is 0 Å². The van der Waals surface area contributed by atoms with Crippen molar-refractivity contribution in [2.45, 2.75) is 32.1 Å². The van der Waals surface area contributed by atoms with E-state index < -0.39 is 0 Å². The first-order valence-electron chi connectivity index (χ1n) is 8.93. The molecule has 138 valence electrons. The number of esters is 1. The van der Waals surface area contributed by atoms with Crippen LogP contribution in [0.1, 0.15) is 36.8 Å². The maximum Gasteiger partial charge on any atom is 0.310 e. The number of aliphatic imine (C=N–C) groups is 1. The lowest BCUT2D eigenvalue weighted by molar-refractivity contribution is -0.149. The van der Waals surface area contributed by atoms with E-state index in [0.717, 1.165) is 38.3 Å². The molecule has 1 aliphatic carbocycles. The normalized spacial score (nSPS) is 22.3. The Morgan fingerprint density at radius 1 is 1.40 bits per heavy atom. The fraction of sp³-hybridized carbons (Fsp3) is 0.579. The summed E-state index contributed by atoms with van der Waals surface area (Å²) in [6.07, 6.45) is 3.03. The second-order valence-electron chi connectivity index (χ2n) is 6.57. The fourth-order valence-electron chi connectivity index (χ4n) is 3.71. The van der Waals surface area contributed by atoms with Gasteiger partial charge in [-0.15, -0.1) is 24.0 Å². The van der Waals surface area contributed by atoms with Crippen molar-refractivity contribution < 1.29 is 9.53 Å². The number of hydrogen-bond donors (Lipinski definition) is 1. The summed E-state index contributed by atoms with van der Waals surface area (Å²) < 4.78 is 5.18. The molecule has 1 N–H and O–H groups in total. The monoisotopic (exact) mass is 457 g/mol. The van der Waals surface area contributed by atoms with Crippen molar-refractivity contribution in [3.8, 4) is 0 Å². The Morgan fingerprint density at radius 3 is 2.92 bits per heavy atom. The SMILES string of the molecule is CCOC(=O)C1CCCN(C(=NC)NCC2Cc3ccccc32)C1.I. The second-order valence-corrected chi connectivity index (χ2v) is 6.57. The van der Waals surface area contributed by atoms with Crippen molar-refractivity contribution in [3.05, 3.63) is 35.4 Å². The van der Waals surface area contributed by atoms with E-state index in [1.807, 2.05) is 14.0 Å². The zero-order valence-electron chi connectivity index (χ0n) is 15.0. The summed E-state index contributed by atoms with van der Waals surface area (Å²) in [6.45, 7) is 4.83. The van der Waals surface area contributed by atoms with Gasteiger partial charge in [0, 0.05) is 32.6 Å². The molecule has 5 nitrogen and oxygen atoms in total. The molecule has 3 rings (SSSR count). The number of carbonyl (C=O) groups is 1. The Labute approximate surface area is 167 Å². The van der Waals surface area contributed by atoms with Gasteiger partial charge in [-0.05, 0) is 37.3 Å². The van der Waals surface area contributed by atoms with Gasteiger partial charge in [-0.3, -0.25) is 9.79 Å². The standard InChI is InChI=1S/C19H27N3O2.HI/c1-3-24-18(23)15-8-6-10-22(13-15)19(20-2)21-12-16-11-14-7-4-5-9-17(14)16;/h4-5,7,9,15-16H,3,6,8,10-13H2,1-2H3,(H,20,21);1H. The lowest BCUT2D eigenvalue weighted by Gasteiger charge is -2.36. The van der Waals surface area contributed by atoms with Crippen molar-refractivity contribution in [2.24, 2.45) is 10.9 Å². The quantitative estimate of drug-likeness (QED) is 0.327. The molecule has 2 atom stereocenters. The molecule has 6 heteroatoms. The van der Waals surface area contributed by atoms with Gasteiger partial charge < -0.3 is 15.0 Å². The number of likely N-dealkylation sites (tertiary alicyclic amines) is 1. The van der Waals surface area contributed by atoms with E-state index in [9.17, 15) is 4.79 Å². The number of fused-ring (bicyclic) bond motifs is 1. The number of nitrogens with one attached hydrogen (secondary N) is 1. The van der Waals surface area contributed by atoms with Crippen LogP contribution in [0.5, 0.6) is 0 Å². The summed E-state index contributed by atoms with van der Waals surface area (Å²) in [4.78, 5) is 18.6. The minimum Gasteiger partial charge on any atom is -0.466 e. The Kier molecular flexibility index (Phi) is 7.53. The topological polar surface area (TPSA) is 53.9 Å². The van der Waals surface area contributed by atoms with Crippen LogP contribution in [0.15, 0.2) is 29.3 Å². The molecular formula is C19H28IN3O2. The van der Waals surface area contributed by atoms with Crippen molar-refractivity contribution in [2.75, 3.05) is 33.3 Å². The molecule has 1 aromatic carbocycles. The Morgan fingerprint density at radius 2 is 2.20 bits per heavy atom. The predicted molar refractivity (Wildman–Crippen MR) is 111 cm³/mol. The maximum absolute atomic E-state index is 12.0. The van der Waals surface area contributed by atoms with Crippen LogP contribution in [0.25, 0.3) is 0 Å². The highest BCUT2D eigenvalue weighted by molar-refractivity contribution is 14.0. The molecule has 0 amide bonds. The van der Waals surface area contributed by atoms with Crippen molar-refractivity contribution >= 4 is 35.9 Å². The summed E-state index contributed by atoms with van der Waals surface area (Å²) in [6, 6.07) is 8.62. The number of hydrogen-bond acceptors (Lipinski definition) is 3. The number of guanidine groups is 1. The summed E-state index contributed by atoms with van der Waals surface area (Å²) >= 11 is 0. The Hall–Kier alpha value is -1.31. The van der Waals surface area contributed by atoms with Gasteiger partial charge in [0.15, 0.2) is 5.96 Å². The van der Waals surface area contributed by atoms with Gasteiger partial charge in [0.1, 0.15) is 0 Å². The molecule has 0 spiro atoms. The molecule has 2 unspecified atom stereocenters. The number of carbonyl (C=O) groups excluding carboxylic acids is 1. The number of nitrogens with zero attached hydrogens (tertiary/aromatic N) is 2. The number of halogens is 1. The first-order valence-corrected chi connectivity index (χ1v) is 8.93. The third-order valence-corrected chi connectivity index (χ3v) is 5.02. The second kappa shape index (κ2) is 9.40. The highest BCUT2D eigenvalue weighted by Crippen LogP contribution is 2.34. The lowest BCUT2D eigenvalue weighted by Crippen LogP contribution is -2.49. The van der Waals surface area contributed by atoms with E-state index in [-0.39, 0.29) is 35.9 Å². The molecule has 1 saturated heterocycles. The van der Waals surface area contributed by atoms with Crippen LogP contribution in [0.4, 0.5) is 0 Å². The maximum atomic E-state index is 12.0. The van der Waals surface area contributed by atoms with E-state index in [1.54, 1.807) is 0 Å². The molecule has 2 aliphatic rings. The largest absolute Gasteiger partial charge is 0.466 e. The summed E-state index contributed by atoms with van der Waals surface area (Å²) in [5.74, 6) is 1.34. The minimum atomic E-state index is -0.0782. The third-order valence-electron chi connectivity index (χ3n) is 5.02. The zero-order chi connectivity index (χ0) is 16.9. The highest BCUT2D eigenvalue weighted by Gasteiger charge is 2.30. The van der Waals surface area contributed by atoms with Crippen LogP contribution in [0.3, 0.4) is 0 Å². The van der Waals surface area contributed by atoms with Crippen LogP contribution < -0.4 is 5.32 Å². The zero-order valence-corrected chi connectivity index (χ0v) is 17.4. The Balaban J connectivity index is 0.00000225. The van der Waals surface area contributed by atoms with Gasteiger partial charge in [0.05, 0.1) is 12.5 Å². The average molecular weight is 457 g/mol. The first kappa shape index (κ1) is 20.0. The molecular weight excluding hydrogens is 429 g/mol. The van der Waals surface area contributed by atoms with Crippen LogP contribution >= 0.6 is 24.0 Å². The molecule has 0 saturated carbocycles. The third kappa shape index (κ3) is 4.65. The van der Waals surface area contributed by atoms with Crippen LogP contribution in [-0.2, 0) is 16.0 Å². The molecule has 1 aliphatic heterocycles. The summed E-state index contributed by atoms with van der Waals surface area (Å²) in [7, 11) is 1.81. The number of rotatable bonds is 4. The number of ether oxygens (including phenoxy) is 1. The molecule has 1 heterocycles. The average Bonchev–Trinajstić information content (AvgIpc) is 2.59. The van der Waals surface area contributed by atoms with Gasteiger partial charge in [0.2, 0.25) is 0 Å². The Bertz CT molecular complexity index is 620. The van der Waals surface area contributed by atoms with Gasteiger partial charge >= 0.3 is 5.97 Å². The lowest BCUT2D eigenvalue weighted by atomic mass is 9.78. The molecule has 25 heavy (non-hydrogen) atoms. The van der Waals surface area contributed by atoms with E-state index >= 15 is 0 Å². The number of benzene rings is 1. The molecule has 1 aromatic rings. The number of piperidine rings is 1. The van der Waals surface area contributed by atoms with Crippen LogP contribution in [-0.4, -0.2) is 50.1 Å². The first-order chi connectivity index (χ1) is 11.7. The van der Waals surface area contributed by atoms with Crippen LogP contribution in [0, 0.1) is 5.92 Å². The van der Waals surface area contributed by atoms with Gasteiger partial charge in [-0.2, -0.15) is 0 Å². The molecule has 0 aromatic heterocycles. The summed E-state index contributed by atoms with van der Waals surface area (Å²) in [5, 5.41) is 3.50. The predicted octanol–water partition coefficient (Wildman–Crippen LogP) is 2.79. The van der Waals surface area contributed by atoms with Gasteiger partial charge in [-0.25, -0.2) is 0 Å². The molecule has 1 fully saturated rings. The van der Waals surface area contributed by atoms with E-state index in [1.165, 1.54) is 11.1 Å². The fourth-order valence-corrected chi connectivity index (χ4v) is 3.71. The van der Waals surface area contributed by atoms with E-state index in [4.69, 9.17) is 4.74 Å². The van der Waals surface area contributed by atoms with Crippen molar-refractivity contribution in [3.63, 3.8) is 0 Å². The van der Waals surface area contributed by atoms with E-state index in [0.29, 0.717) is 19.1 Å². The highest BCUT2D eigenvalue weighted by atomic mass is 127. The minimum absolute atomic E-state index is 0. The van der Waals surface area contributed by atoms with Crippen LogP contribution in [0.2, 0.25) is 0 Å².